The van der Waals surface area contributed by atoms with Crippen molar-refractivity contribution >= 4 is 40.4 Å². The van der Waals surface area contributed by atoms with Crippen LogP contribution in [-0.2, 0) is 6.18 Å². The average Bonchev–Trinajstić information content (AvgIpc) is 2.76. The van der Waals surface area contributed by atoms with Gasteiger partial charge >= 0.3 is 12.1 Å². The molecule has 4 nitrogen and oxygen atoms in total. The molecule has 9 heteroatoms. The predicted octanol–water partition coefficient (Wildman–Crippen LogP) is 4.26. The molecule has 1 heterocycles. The van der Waals surface area contributed by atoms with Gasteiger partial charge in [-0.2, -0.15) is 13.2 Å². The summed E-state index contributed by atoms with van der Waals surface area (Å²) in [6.07, 6.45) is -4.70. The summed E-state index contributed by atoms with van der Waals surface area (Å²) in [7, 11) is 0. The minimum atomic E-state index is -4.70. The lowest BCUT2D eigenvalue weighted by atomic mass is 10.3. The topological polar surface area (TPSA) is 62.2 Å². The summed E-state index contributed by atoms with van der Waals surface area (Å²) in [4.78, 5) is 13.7. The number of hydrogen-bond donors (Lipinski definition) is 2. The molecule has 0 saturated heterocycles. The second kappa shape index (κ2) is 5.29. The number of anilines is 2. The van der Waals surface area contributed by atoms with E-state index < -0.39 is 22.0 Å². The van der Waals surface area contributed by atoms with Crippen molar-refractivity contribution in [1.29, 1.82) is 0 Å². The lowest BCUT2D eigenvalue weighted by Gasteiger charge is -2.06. The van der Waals surface area contributed by atoms with Gasteiger partial charge in [0.25, 0.3) is 0 Å². The molecule has 0 aliphatic rings. The molecule has 0 bridgehead atoms. The lowest BCUT2D eigenvalue weighted by molar-refractivity contribution is -0.137. The van der Waals surface area contributed by atoms with E-state index in [1.165, 1.54) is 12.1 Å². The Balaban J connectivity index is 2.43. The number of alkyl halides is 3. The second-order valence-corrected chi connectivity index (χ2v) is 5.01. The quantitative estimate of drug-likeness (QED) is 0.886. The normalized spacial score (nSPS) is 11.4. The Labute approximate surface area is 119 Å². The van der Waals surface area contributed by atoms with E-state index in [0.717, 1.165) is 0 Å². The molecule has 20 heavy (non-hydrogen) atoms. The van der Waals surface area contributed by atoms with Gasteiger partial charge in [-0.3, -0.25) is 0 Å². The Bertz CT molecular complexity index is 657. The molecule has 0 fully saturated rings. The Morgan fingerprint density at radius 1 is 1.35 bits per heavy atom. The van der Waals surface area contributed by atoms with Crippen LogP contribution in [0.1, 0.15) is 14.7 Å². The number of carboxylic acid groups (broad SMARTS) is 1. The molecule has 2 aromatic rings. The molecule has 0 spiro atoms. The number of para-hydroxylation sites is 1. The van der Waals surface area contributed by atoms with Gasteiger partial charge in [0.15, 0.2) is 10.7 Å². The highest BCUT2D eigenvalue weighted by Crippen LogP contribution is 2.37. The van der Waals surface area contributed by atoms with Gasteiger partial charge < -0.3 is 10.4 Å². The summed E-state index contributed by atoms with van der Waals surface area (Å²) in [5.41, 5.74) is 0.274. The van der Waals surface area contributed by atoms with Crippen molar-refractivity contribution in [3.8, 4) is 0 Å². The number of nitrogens with zero attached hydrogens (tertiary/aromatic N) is 1. The van der Waals surface area contributed by atoms with Crippen molar-refractivity contribution in [3.63, 3.8) is 0 Å². The Morgan fingerprint density at radius 2 is 2.00 bits per heavy atom. The predicted molar refractivity (Wildman–Crippen MR) is 68.8 cm³/mol. The Morgan fingerprint density at radius 3 is 2.55 bits per heavy atom. The number of hydrogen-bond acceptors (Lipinski definition) is 4. The molecule has 2 N–H and O–H groups in total. The van der Waals surface area contributed by atoms with Gasteiger partial charge in [0.1, 0.15) is 0 Å². The molecule has 0 amide bonds. The van der Waals surface area contributed by atoms with E-state index in [-0.39, 0.29) is 27.9 Å². The fourth-order valence-corrected chi connectivity index (χ4v) is 2.27. The molecule has 0 saturated carbocycles. The van der Waals surface area contributed by atoms with Gasteiger partial charge in [-0.1, -0.05) is 23.7 Å². The number of nitrogens with one attached hydrogen (secondary N) is 1. The third kappa shape index (κ3) is 3.02. The van der Waals surface area contributed by atoms with Crippen molar-refractivity contribution in [3.05, 3.63) is 39.2 Å². The van der Waals surface area contributed by atoms with E-state index in [0.29, 0.717) is 0 Å². The van der Waals surface area contributed by atoms with Crippen LogP contribution in [-0.4, -0.2) is 16.1 Å². The smallest absolute Gasteiger partial charge is 0.443 e. The van der Waals surface area contributed by atoms with Gasteiger partial charge in [-0.25, -0.2) is 9.78 Å². The lowest BCUT2D eigenvalue weighted by Crippen LogP contribution is -2.04. The molecule has 0 aliphatic carbocycles. The first kappa shape index (κ1) is 14.6. The van der Waals surface area contributed by atoms with Crippen molar-refractivity contribution in [2.24, 2.45) is 0 Å². The van der Waals surface area contributed by atoms with Gasteiger partial charge in [0.05, 0.1) is 10.7 Å². The van der Waals surface area contributed by atoms with Gasteiger partial charge in [-0.15, -0.1) is 11.3 Å². The fourth-order valence-electron chi connectivity index (χ4n) is 1.36. The van der Waals surface area contributed by atoms with E-state index in [1.54, 1.807) is 12.1 Å². The largest absolute Gasteiger partial charge is 0.477 e. The van der Waals surface area contributed by atoms with Crippen LogP contribution in [0.15, 0.2) is 24.3 Å². The monoisotopic (exact) mass is 322 g/mol. The van der Waals surface area contributed by atoms with Crippen LogP contribution >= 0.6 is 22.9 Å². The summed E-state index contributed by atoms with van der Waals surface area (Å²) in [5.74, 6) is -1.88. The van der Waals surface area contributed by atoms with Crippen molar-refractivity contribution in [1.82, 2.24) is 4.98 Å². The third-order valence-corrected chi connectivity index (χ3v) is 3.61. The molecular formula is C11H6ClF3N2O2S. The summed E-state index contributed by atoms with van der Waals surface area (Å²) in [6.45, 7) is 0. The summed E-state index contributed by atoms with van der Waals surface area (Å²) in [6, 6.07) is 6.25. The van der Waals surface area contributed by atoms with Crippen LogP contribution in [0.3, 0.4) is 0 Å². The number of benzene rings is 1. The van der Waals surface area contributed by atoms with Crippen LogP contribution in [0.25, 0.3) is 0 Å². The second-order valence-electron chi connectivity index (χ2n) is 3.60. The minimum absolute atomic E-state index is 0.0584. The zero-order valence-corrected chi connectivity index (χ0v) is 11.1. The Kier molecular flexibility index (Phi) is 3.87. The van der Waals surface area contributed by atoms with Gasteiger partial charge in [-0.05, 0) is 12.1 Å². The van der Waals surface area contributed by atoms with E-state index >= 15 is 0 Å². The van der Waals surface area contributed by atoms with Crippen molar-refractivity contribution in [2.45, 2.75) is 6.18 Å². The number of halogens is 4. The van der Waals surface area contributed by atoms with Gasteiger partial charge in [0, 0.05) is 0 Å². The molecule has 0 unspecified atom stereocenters. The summed E-state index contributed by atoms with van der Waals surface area (Å²) in [5, 5.41) is 10.4. The van der Waals surface area contributed by atoms with Crippen molar-refractivity contribution < 1.29 is 23.1 Å². The zero-order chi connectivity index (χ0) is 14.9. The third-order valence-electron chi connectivity index (χ3n) is 2.19. The first-order chi connectivity index (χ1) is 9.29. The number of aromatic nitrogens is 1. The average molecular weight is 323 g/mol. The van der Waals surface area contributed by atoms with E-state index in [1.807, 2.05) is 0 Å². The van der Waals surface area contributed by atoms with Gasteiger partial charge in [0.2, 0.25) is 5.01 Å². The first-order valence-corrected chi connectivity index (χ1v) is 6.31. The highest BCUT2D eigenvalue weighted by atomic mass is 35.5. The first-order valence-electron chi connectivity index (χ1n) is 5.12. The van der Waals surface area contributed by atoms with Crippen LogP contribution in [0.5, 0.6) is 0 Å². The molecule has 2 rings (SSSR count). The van der Waals surface area contributed by atoms with Crippen LogP contribution in [0.4, 0.5) is 24.7 Å². The summed E-state index contributed by atoms with van der Waals surface area (Å²) < 4.78 is 37.7. The number of rotatable bonds is 3. The highest BCUT2D eigenvalue weighted by molar-refractivity contribution is 7.14. The molecule has 0 aliphatic heterocycles. The van der Waals surface area contributed by atoms with Crippen molar-refractivity contribution in [2.75, 3.05) is 5.32 Å². The maximum absolute atomic E-state index is 12.6. The molecule has 0 radical (unpaired) electrons. The zero-order valence-electron chi connectivity index (χ0n) is 9.53. The van der Waals surface area contributed by atoms with Crippen LogP contribution in [0, 0.1) is 0 Å². The SMILES string of the molecule is O=C(O)c1sc(C(F)(F)F)nc1Nc1ccccc1Cl. The van der Waals surface area contributed by atoms with Crippen LogP contribution < -0.4 is 5.32 Å². The maximum atomic E-state index is 12.6. The molecule has 1 aromatic carbocycles. The number of aromatic carboxylic acids is 1. The van der Waals surface area contributed by atoms with E-state index in [4.69, 9.17) is 16.7 Å². The molecule has 1 aromatic heterocycles. The molecule has 0 atom stereocenters. The standard InChI is InChI=1S/C11H6ClF3N2O2S/c12-5-3-1-2-4-6(5)16-8-7(9(18)19)20-10(17-8)11(13,14)15/h1-4,16H,(H,18,19). The highest BCUT2D eigenvalue weighted by Gasteiger charge is 2.37. The maximum Gasteiger partial charge on any atom is 0.443 e. The number of carbonyl (C=O) groups is 1. The number of carboxylic acids is 1. The van der Waals surface area contributed by atoms with E-state index in [9.17, 15) is 18.0 Å². The van der Waals surface area contributed by atoms with E-state index in [2.05, 4.69) is 10.3 Å². The summed E-state index contributed by atoms with van der Waals surface area (Å²) >= 11 is 5.90. The molecule has 106 valence electrons. The number of thiazole rings is 1. The fraction of sp³-hybridized carbons (Fsp3) is 0.0909. The minimum Gasteiger partial charge on any atom is -0.477 e. The van der Waals surface area contributed by atoms with Crippen LogP contribution in [0.2, 0.25) is 5.02 Å². The molecular weight excluding hydrogens is 317 g/mol. The Hall–Kier alpha value is -1.80.